The fourth-order valence-electron chi connectivity index (χ4n) is 2.22. The Kier molecular flexibility index (Phi) is 6.20. The van der Waals surface area contributed by atoms with E-state index in [9.17, 15) is 0 Å². The number of likely N-dealkylation sites (N-methyl/N-ethyl adjacent to an activating group) is 1. The zero-order chi connectivity index (χ0) is 14.9. The van der Waals surface area contributed by atoms with Crippen LogP contribution in [0.1, 0.15) is 18.1 Å². The molecule has 0 saturated carbocycles. The third-order valence-electron chi connectivity index (χ3n) is 3.30. The minimum absolute atomic E-state index is 0.0181. The summed E-state index contributed by atoms with van der Waals surface area (Å²) in [5.74, 6) is 0. The molecule has 21 heavy (non-hydrogen) atoms. The van der Waals surface area contributed by atoms with E-state index in [4.69, 9.17) is 4.74 Å². The summed E-state index contributed by atoms with van der Waals surface area (Å²) >= 11 is 0. The van der Waals surface area contributed by atoms with E-state index in [0.29, 0.717) is 6.61 Å². The zero-order valence-corrected chi connectivity index (χ0v) is 12.8. The van der Waals surface area contributed by atoms with Crippen LogP contribution in [-0.4, -0.2) is 24.8 Å². The average molecular weight is 281 g/mol. The Morgan fingerprint density at radius 3 is 2.24 bits per heavy atom. The van der Waals surface area contributed by atoms with Crippen LogP contribution in [0.25, 0.3) is 6.08 Å². The SMILES string of the molecule is CCOC(C=Cc1ccccc1)N(C)Cc1ccccc1. The molecule has 2 rings (SSSR count). The second-order valence-electron chi connectivity index (χ2n) is 5.02. The molecule has 2 heteroatoms. The summed E-state index contributed by atoms with van der Waals surface area (Å²) in [6.07, 6.45) is 4.21. The van der Waals surface area contributed by atoms with Crippen molar-refractivity contribution in [1.29, 1.82) is 0 Å². The van der Waals surface area contributed by atoms with Gasteiger partial charge in [-0.05, 0) is 31.2 Å². The second kappa shape index (κ2) is 8.40. The summed E-state index contributed by atoms with van der Waals surface area (Å²) in [6, 6.07) is 20.8. The molecule has 0 aliphatic carbocycles. The molecule has 0 heterocycles. The molecule has 0 aromatic heterocycles. The molecular weight excluding hydrogens is 258 g/mol. The largest absolute Gasteiger partial charge is 0.360 e. The van der Waals surface area contributed by atoms with Crippen molar-refractivity contribution < 1.29 is 4.74 Å². The van der Waals surface area contributed by atoms with E-state index >= 15 is 0 Å². The fraction of sp³-hybridized carbons (Fsp3) is 0.263. The topological polar surface area (TPSA) is 12.5 Å². The Bertz CT molecular complexity index is 536. The first-order valence-corrected chi connectivity index (χ1v) is 7.38. The average Bonchev–Trinajstić information content (AvgIpc) is 2.53. The summed E-state index contributed by atoms with van der Waals surface area (Å²) < 4.78 is 5.84. The molecule has 0 saturated heterocycles. The van der Waals surface area contributed by atoms with Crippen LogP contribution in [-0.2, 0) is 11.3 Å². The molecule has 0 N–H and O–H groups in total. The summed E-state index contributed by atoms with van der Waals surface area (Å²) in [6.45, 7) is 3.59. The Hall–Kier alpha value is -1.90. The quantitative estimate of drug-likeness (QED) is 0.705. The van der Waals surface area contributed by atoms with Gasteiger partial charge < -0.3 is 4.74 Å². The summed E-state index contributed by atoms with van der Waals surface area (Å²) in [5.41, 5.74) is 2.48. The molecule has 110 valence electrons. The van der Waals surface area contributed by atoms with E-state index in [2.05, 4.69) is 60.5 Å². The van der Waals surface area contributed by atoms with Crippen LogP contribution in [0.3, 0.4) is 0 Å². The molecule has 1 atom stereocenters. The fourth-order valence-corrected chi connectivity index (χ4v) is 2.22. The van der Waals surface area contributed by atoms with Gasteiger partial charge in [-0.15, -0.1) is 0 Å². The van der Waals surface area contributed by atoms with Crippen LogP contribution in [0, 0.1) is 0 Å². The first kappa shape index (κ1) is 15.5. The lowest BCUT2D eigenvalue weighted by atomic mass is 10.2. The zero-order valence-electron chi connectivity index (χ0n) is 12.8. The van der Waals surface area contributed by atoms with E-state index in [1.807, 2.05) is 31.2 Å². The maximum atomic E-state index is 5.84. The van der Waals surface area contributed by atoms with E-state index in [0.717, 1.165) is 6.54 Å². The monoisotopic (exact) mass is 281 g/mol. The predicted molar refractivity (Wildman–Crippen MR) is 88.8 cm³/mol. The molecule has 0 aliphatic rings. The Balaban J connectivity index is 2.02. The Morgan fingerprint density at radius 2 is 1.62 bits per heavy atom. The van der Waals surface area contributed by atoms with Crippen LogP contribution in [0.15, 0.2) is 66.7 Å². The van der Waals surface area contributed by atoms with Gasteiger partial charge in [0.2, 0.25) is 0 Å². The van der Waals surface area contributed by atoms with Gasteiger partial charge in [0.25, 0.3) is 0 Å². The van der Waals surface area contributed by atoms with E-state index in [1.165, 1.54) is 11.1 Å². The van der Waals surface area contributed by atoms with Crippen LogP contribution in [0.5, 0.6) is 0 Å². The minimum atomic E-state index is -0.0181. The molecule has 2 aromatic rings. The number of hydrogen-bond donors (Lipinski definition) is 0. The van der Waals surface area contributed by atoms with Gasteiger partial charge in [-0.1, -0.05) is 66.7 Å². The lowest BCUT2D eigenvalue weighted by Crippen LogP contribution is -2.32. The van der Waals surface area contributed by atoms with Crippen molar-refractivity contribution >= 4 is 6.08 Å². The van der Waals surface area contributed by atoms with Crippen LogP contribution >= 0.6 is 0 Å². The molecule has 0 aliphatic heterocycles. The maximum Gasteiger partial charge on any atom is 0.130 e. The number of benzene rings is 2. The highest BCUT2D eigenvalue weighted by Gasteiger charge is 2.11. The first-order valence-electron chi connectivity index (χ1n) is 7.38. The van der Waals surface area contributed by atoms with Gasteiger partial charge >= 0.3 is 0 Å². The molecule has 2 nitrogen and oxygen atoms in total. The van der Waals surface area contributed by atoms with E-state index in [1.54, 1.807) is 0 Å². The Morgan fingerprint density at radius 1 is 1.00 bits per heavy atom. The van der Waals surface area contributed by atoms with Crippen molar-refractivity contribution in [2.24, 2.45) is 0 Å². The van der Waals surface area contributed by atoms with Crippen molar-refractivity contribution in [1.82, 2.24) is 4.90 Å². The van der Waals surface area contributed by atoms with Crippen molar-refractivity contribution in [3.63, 3.8) is 0 Å². The normalized spacial score (nSPS) is 12.9. The van der Waals surface area contributed by atoms with Gasteiger partial charge in [0, 0.05) is 13.2 Å². The smallest absolute Gasteiger partial charge is 0.130 e. The van der Waals surface area contributed by atoms with Crippen molar-refractivity contribution in [2.75, 3.05) is 13.7 Å². The second-order valence-corrected chi connectivity index (χ2v) is 5.02. The van der Waals surface area contributed by atoms with Gasteiger partial charge in [0.1, 0.15) is 6.23 Å². The molecule has 0 spiro atoms. The van der Waals surface area contributed by atoms with Gasteiger partial charge in [0.05, 0.1) is 0 Å². The van der Waals surface area contributed by atoms with Crippen molar-refractivity contribution in [2.45, 2.75) is 19.7 Å². The summed E-state index contributed by atoms with van der Waals surface area (Å²) in [5, 5.41) is 0. The standard InChI is InChI=1S/C19H23NO/c1-3-21-19(15-14-17-10-6-4-7-11-17)20(2)16-18-12-8-5-9-13-18/h4-15,19H,3,16H2,1-2H3. The van der Waals surface area contributed by atoms with Crippen LogP contribution in [0.4, 0.5) is 0 Å². The predicted octanol–water partition coefficient (Wildman–Crippen LogP) is 4.19. The van der Waals surface area contributed by atoms with Gasteiger partial charge in [0.15, 0.2) is 0 Å². The third-order valence-corrected chi connectivity index (χ3v) is 3.30. The number of nitrogens with zero attached hydrogens (tertiary/aromatic N) is 1. The highest BCUT2D eigenvalue weighted by atomic mass is 16.5. The lowest BCUT2D eigenvalue weighted by molar-refractivity contribution is -0.0119. The third kappa shape index (κ3) is 5.18. The molecule has 0 amide bonds. The molecule has 0 fully saturated rings. The molecular formula is C19H23NO. The number of hydrogen-bond acceptors (Lipinski definition) is 2. The Labute approximate surface area is 127 Å². The van der Waals surface area contributed by atoms with Gasteiger partial charge in [-0.25, -0.2) is 0 Å². The molecule has 0 bridgehead atoms. The van der Waals surface area contributed by atoms with Crippen molar-refractivity contribution in [3.8, 4) is 0 Å². The van der Waals surface area contributed by atoms with Crippen LogP contribution in [0.2, 0.25) is 0 Å². The highest BCUT2D eigenvalue weighted by molar-refractivity contribution is 5.49. The number of rotatable bonds is 7. The van der Waals surface area contributed by atoms with Crippen LogP contribution < -0.4 is 0 Å². The number of ether oxygens (including phenoxy) is 1. The van der Waals surface area contributed by atoms with Crippen molar-refractivity contribution in [3.05, 3.63) is 77.9 Å². The first-order chi connectivity index (χ1) is 10.3. The van der Waals surface area contributed by atoms with Gasteiger partial charge in [-0.2, -0.15) is 0 Å². The lowest BCUT2D eigenvalue weighted by Gasteiger charge is -2.25. The maximum absolute atomic E-state index is 5.84. The molecule has 0 radical (unpaired) electrons. The van der Waals surface area contributed by atoms with Gasteiger partial charge in [-0.3, -0.25) is 4.90 Å². The minimum Gasteiger partial charge on any atom is -0.360 e. The molecule has 1 unspecified atom stereocenters. The highest BCUT2D eigenvalue weighted by Crippen LogP contribution is 2.10. The van der Waals surface area contributed by atoms with E-state index in [-0.39, 0.29) is 6.23 Å². The summed E-state index contributed by atoms with van der Waals surface area (Å²) in [4.78, 5) is 2.21. The summed E-state index contributed by atoms with van der Waals surface area (Å²) in [7, 11) is 2.09. The molecule has 2 aromatic carbocycles. The van der Waals surface area contributed by atoms with E-state index < -0.39 is 0 Å².